The molecule has 1 aliphatic heterocycles. The van der Waals surface area contributed by atoms with Crippen LogP contribution in [0, 0.1) is 11.3 Å². The summed E-state index contributed by atoms with van der Waals surface area (Å²) in [6.07, 6.45) is 5.02. The Hall–Kier alpha value is -1.06. The van der Waals surface area contributed by atoms with Crippen molar-refractivity contribution in [1.29, 1.82) is 0 Å². The van der Waals surface area contributed by atoms with Crippen molar-refractivity contribution in [1.82, 2.24) is 10.6 Å². The largest absolute Gasteiger partial charge is 0.355 e. The molecule has 0 aromatic rings. The predicted molar refractivity (Wildman–Crippen MR) is 65.3 cm³/mol. The number of rotatable bonds is 2. The molecule has 2 N–H and O–H groups in total. The standard InChI is InChI=1S/C13H22N2O2/c1-13(2)6-4-3-5-10(13)15-12(17)9-7-11(16)14-8-9/h9-10H,3-8H2,1-2H3,(H,14,16)(H,15,17). The van der Waals surface area contributed by atoms with E-state index in [1.54, 1.807) is 0 Å². The van der Waals surface area contributed by atoms with Crippen molar-refractivity contribution in [2.24, 2.45) is 11.3 Å². The molecule has 4 heteroatoms. The second-order valence-corrected chi connectivity index (χ2v) is 6.00. The smallest absolute Gasteiger partial charge is 0.225 e. The van der Waals surface area contributed by atoms with E-state index in [9.17, 15) is 9.59 Å². The second kappa shape index (κ2) is 4.67. The van der Waals surface area contributed by atoms with Gasteiger partial charge in [0.05, 0.1) is 5.92 Å². The van der Waals surface area contributed by atoms with Gasteiger partial charge in [0.1, 0.15) is 0 Å². The highest BCUT2D eigenvalue weighted by atomic mass is 16.2. The number of nitrogens with one attached hydrogen (secondary N) is 2. The summed E-state index contributed by atoms with van der Waals surface area (Å²) in [5.74, 6) is -0.128. The molecule has 17 heavy (non-hydrogen) atoms. The van der Waals surface area contributed by atoms with Crippen molar-refractivity contribution >= 4 is 11.8 Å². The van der Waals surface area contributed by atoms with Crippen molar-refractivity contribution in [2.45, 2.75) is 52.0 Å². The summed E-state index contributed by atoms with van der Waals surface area (Å²) in [7, 11) is 0. The van der Waals surface area contributed by atoms with Crippen LogP contribution in [0.15, 0.2) is 0 Å². The van der Waals surface area contributed by atoms with Gasteiger partial charge in [-0.15, -0.1) is 0 Å². The molecule has 2 amide bonds. The van der Waals surface area contributed by atoms with Crippen LogP contribution >= 0.6 is 0 Å². The van der Waals surface area contributed by atoms with Crippen molar-refractivity contribution in [3.05, 3.63) is 0 Å². The molecule has 1 saturated carbocycles. The van der Waals surface area contributed by atoms with E-state index in [1.165, 1.54) is 19.3 Å². The molecular formula is C13H22N2O2. The molecule has 0 aromatic heterocycles. The first-order chi connectivity index (χ1) is 7.99. The lowest BCUT2D eigenvalue weighted by atomic mass is 9.73. The lowest BCUT2D eigenvalue weighted by Crippen LogP contribution is -2.48. The highest BCUT2D eigenvalue weighted by Crippen LogP contribution is 2.35. The highest BCUT2D eigenvalue weighted by Gasteiger charge is 2.36. The Morgan fingerprint density at radius 2 is 2.18 bits per heavy atom. The maximum Gasteiger partial charge on any atom is 0.225 e. The number of hydrogen-bond donors (Lipinski definition) is 2. The van der Waals surface area contributed by atoms with Crippen LogP contribution in [0.3, 0.4) is 0 Å². The summed E-state index contributed by atoms with van der Waals surface area (Å²) in [4.78, 5) is 23.1. The molecule has 1 aliphatic carbocycles. The Balaban J connectivity index is 1.91. The van der Waals surface area contributed by atoms with Gasteiger partial charge in [-0.05, 0) is 18.3 Å². The van der Waals surface area contributed by atoms with Gasteiger partial charge in [-0.3, -0.25) is 9.59 Å². The molecule has 2 rings (SSSR count). The van der Waals surface area contributed by atoms with E-state index in [4.69, 9.17) is 0 Å². The normalized spacial score (nSPS) is 32.0. The fraction of sp³-hybridized carbons (Fsp3) is 0.846. The number of hydrogen-bond acceptors (Lipinski definition) is 2. The monoisotopic (exact) mass is 238 g/mol. The first kappa shape index (κ1) is 12.4. The van der Waals surface area contributed by atoms with Crippen LogP contribution in [-0.2, 0) is 9.59 Å². The molecule has 2 atom stereocenters. The summed E-state index contributed by atoms with van der Waals surface area (Å²) >= 11 is 0. The molecule has 4 nitrogen and oxygen atoms in total. The maximum absolute atomic E-state index is 12.0. The summed E-state index contributed by atoms with van der Waals surface area (Å²) in [6, 6.07) is 0.263. The van der Waals surface area contributed by atoms with Crippen molar-refractivity contribution in [2.75, 3.05) is 6.54 Å². The molecule has 0 spiro atoms. The molecule has 2 unspecified atom stereocenters. The number of carbonyl (C=O) groups excluding carboxylic acids is 2. The lowest BCUT2D eigenvalue weighted by Gasteiger charge is -2.39. The third-order valence-electron chi connectivity index (χ3n) is 4.17. The average molecular weight is 238 g/mol. The van der Waals surface area contributed by atoms with Gasteiger partial charge in [-0.25, -0.2) is 0 Å². The third-order valence-corrected chi connectivity index (χ3v) is 4.17. The molecule has 0 aromatic carbocycles. The Labute approximate surface area is 103 Å². The molecule has 2 aliphatic rings. The molecule has 2 fully saturated rings. The van der Waals surface area contributed by atoms with E-state index < -0.39 is 0 Å². The first-order valence-electron chi connectivity index (χ1n) is 6.56. The van der Waals surface area contributed by atoms with Gasteiger partial charge in [0.15, 0.2) is 0 Å². The van der Waals surface area contributed by atoms with Crippen LogP contribution in [0.1, 0.15) is 46.0 Å². The lowest BCUT2D eigenvalue weighted by molar-refractivity contribution is -0.128. The van der Waals surface area contributed by atoms with Gasteiger partial charge in [0.25, 0.3) is 0 Å². The Morgan fingerprint density at radius 3 is 2.76 bits per heavy atom. The van der Waals surface area contributed by atoms with Crippen LogP contribution in [0.4, 0.5) is 0 Å². The van der Waals surface area contributed by atoms with Gasteiger partial charge in [0.2, 0.25) is 11.8 Å². The summed E-state index contributed by atoms with van der Waals surface area (Å²) < 4.78 is 0. The second-order valence-electron chi connectivity index (χ2n) is 6.00. The summed E-state index contributed by atoms with van der Waals surface area (Å²) in [6.45, 7) is 4.93. The Morgan fingerprint density at radius 1 is 1.41 bits per heavy atom. The van der Waals surface area contributed by atoms with Gasteiger partial charge < -0.3 is 10.6 Å². The molecule has 0 radical (unpaired) electrons. The minimum absolute atomic E-state index is 0.00643. The molecule has 1 saturated heterocycles. The number of carbonyl (C=O) groups is 2. The fourth-order valence-electron chi connectivity index (χ4n) is 2.84. The van der Waals surface area contributed by atoms with E-state index in [1.807, 2.05) is 0 Å². The summed E-state index contributed by atoms with van der Waals surface area (Å²) in [5, 5.41) is 5.85. The van der Waals surface area contributed by atoms with Crippen LogP contribution in [0.25, 0.3) is 0 Å². The van der Waals surface area contributed by atoms with Gasteiger partial charge in [-0.2, -0.15) is 0 Å². The fourth-order valence-corrected chi connectivity index (χ4v) is 2.84. The van der Waals surface area contributed by atoms with Crippen LogP contribution < -0.4 is 10.6 Å². The van der Waals surface area contributed by atoms with Crippen molar-refractivity contribution < 1.29 is 9.59 Å². The van der Waals surface area contributed by atoms with Crippen LogP contribution in [0.2, 0.25) is 0 Å². The van der Waals surface area contributed by atoms with Crippen LogP contribution in [0.5, 0.6) is 0 Å². The van der Waals surface area contributed by atoms with Gasteiger partial charge >= 0.3 is 0 Å². The third kappa shape index (κ3) is 2.79. The average Bonchev–Trinajstić information content (AvgIpc) is 2.68. The van der Waals surface area contributed by atoms with E-state index in [0.717, 1.165) is 6.42 Å². The predicted octanol–water partition coefficient (Wildman–Crippen LogP) is 1.21. The SMILES string of the molecule is CC1(C)CCCCC1NC(=O)C1CNC(=O)C1. The zero-order valence-electron chi connectivity index (χ0n) is 10.7. The van der Waals surface area contributed by atoms with E-state index in [-0.39, 0.29) is 29.2 Å². The molecule has 1 heterocycles. The highest BCUT2D eigenvalue weighted by molar-refractivity contribution is 5.89. The van der Waals surface area contributed by atoms with E-state index in [2.05, 4.69) is 24.5 Å². The topological polar surface area (TPSA) is 58.2 Å². The minimum atomic E-state index is -0.166. The molecular weight excluding hydrogens is 216 g/mol. The molecule has 0 bridgehead atoms. The zero-order valence-corrected chi connectivity index (χ0v) is 10.7. The van der Waals surface area contributed by atoms with Crippen LogP contribution in [-0.4, -0.2) is 24.4 Å². The first-order valence-corrected chi connectivity index (χ1v) is 6.56. The maximum atomic E-state index is 12.0. The van der Waals surface area contributed by atoms with E-state index in [0.29, 0.717) is 13.0 Å². The van der Waals surface area contributed by atoms with Crippen molar-refractivity contribution in [3.63, 3.8) is 0 Å². The molecule has 96 valence electrons. The van der Waals surface area contributed by atoms with Crippen molar-refractivity contribution in [3.8, 4) is 0 Å². The minimum Gasteiger partial charge on any atom is -0.355 e. The quantitative estimate of drug-likeness (QED) is 0.759. The Kier molecular flexibility index (Phi) is 3.40. The zero-order chi connectivity index (χ0) is 12.5. The van der Waals surface area contributed by atoms with E-state index >= 15 is 0 Å². The summed E-state index contributed by atoms with van der Waals surface area (Å²) in [5.41, 5.74) is 0.184. The van der Waals surface area contributed by atoms with Gasteiger partial charge in [0, 0.05) is 19.0 Å². The Bertz CT molecular complexity index is 325. The number of amides is 2. The van der Waals surface area contributed by atoms with Gasteiger partial charge in [-0.1, -0.05) is 26.7 Å².